The maximum Gasteiger partial charge on any atom is 0.123 e. The Labute approximate surface area is 114 Å². The normalized spacial score (nSPS) is 33.6. The van der Waals surface area contributed by atoms with Gasteiger partial charge in [-0.25, -0.2) is 4.39 Å². The fourth-order valence-corrected chi connectivity index (χ4v) is 3.70. The minimum Gasteiger partial charge on any atom is -0.396 e. The highest BCUT2D eigenvalue weighted by atomic mass is 19.1. The summed E-state index contributed by atoms with van der Waals surface area (Å²) >= 11 is 0. The molecular weight excluding hydrogens is 241 g/mol. The molecule has 3 heteroatoms. The standard InChI is InChI=1S/C16H22FNO/c1-16(10-19)8-2-3-15(16)18-14-7-5-11-4-6-12(17)9-13(11)14/h4,6,9,14-15,18-19H,2-3,5,7-8,10H2,1H3. The number of fused-ring (bicyclic) bond motifs is 1. The Balaban J connectivity index is 1.78. The molecule has 0 spiro atoms. The van der Waals surface area contributed by atoms with Crippen molar-refractivity contribution >= 4 is 0 Å². The van der Waals surface area contributed by atoms with Crippen LogP contribution < -0.4 is 5.32 Å². The molecule has 0 bridgehead atoms. The lowest BCUT2D eigenvalue weighted by Gasteiger charge is -2.33. The molecule has 2 aliphatic rings. The molecule has 0 radical (unpaired) electrons. The molecule has 1 aromatic carbocycles. The number of benzene rings is 1. The van der Waals surface area contributed by atoms with Crippen LogP contribution in [-0.2, 0) is 6.42 Å². The molecule has 0 aromatic heterocycles. The third-order valence-corrected chi connectivity index (χ3v) is 5.03. The van der Waals surface area contributed by atoms with Crippen molar-refractivity contribution in [3.05, 3.63) is 35.1 Å². The lowest BCUT2D eigenvalue weighted by Crippen LogP contribution is -2.43. The fourth-order valence-electron chi connectivity index (χ4n) is 3.70. The molecule has 2 nitrogen and oxygen atoms in total. The number of aliphatic hydroxyl groups excluding tert-OH is 1. The van der Waals surface area contributed by atoms with Gasteiger partial charge in [-0.2, -0.15) is 0 Å². The number of aryl methyl sites for hydroxylation is 1. The minimum absolute atomic E-state index is 0.0178. The molecule has 0 aliphatic heterocycles. The van der Waals surface area contributed by atoms with Gasteiger partial charge in [-0.3, -0.25) is 0 Å². The first-order chi connectivity index (χ1) is 9.12. The third-order valence-electron chi connectivity index (χ3n) is 5.03. The smallest absolute Gasteiger partial charge is 0.123 e. The summed E-state index contributed by atoms with van der Waals surface area (Å²) < 4.78 is 13.4. The molecule has 3 atom stereocenters. The zero-order chi connectivity index (χ0) is 13.5. The SMILES string of the molecule is CC1(CO)CCCC1NC1CCc2ccc(F)cc21. The van der Waals surface area contributed by atoms with E-state index in [0.717, 1.165) is 37.7 Å². The number of rotatable bonds is 3. The quantitative estimate of drug-likeness (QED) is 0.878. The molecular formula is C16H22FNO. The molecule has 2 aliphatic carbocycles. The molecule has 0 heterocycles. The second kappa shape index (κ2) is 4.88. The average molecular weight is 263 g/mol. The van der Waals surface area contributed by atoms with Crippen molar-refractivity contribution in [2.24, 2.45) is 5.41 Å². The Hall–Kier alpha value is -0.930. The van der Waals surface area contributed by atoms with Crippen molar-refractivity contribution in [1.82, 2.24) is 5.32 Å². The van der Waals surface area contributed by atoms with Crippen LogP contribution in [0, 0.1) is 11.2 Å². The molecule has 104 valence electrons. The molecule has 2 N–H and O–H groups in total. The van der Waals surface area contributed by atoms with Gasteiger partial charge in [0.2, 0.25) is 0 Å². The van der Waals surface area contributed by atoms with E-state index in [9.17, 15) is 9.50 Å². The van der Waals surface area contributed by atoms with Crippen LogP contribution in [0.5, 0.6) is 0 Å². The van der Waals surface area contributed by atoms with Crippen molar-refractivity contribution < 1.29 is 9.50 Å². The highest BCUT2D eigenvalue weighted by Crippen LogP contribution is 2.40. The van der Waals surface area contributed by atoms with Crippen LogP contribution in [0.1, 0.15) is 49.8 Å². The first-order valence-electron chi connectivity index (χ1n) is 7.28. The van der Waals surface area contributed by atoms with Gasteiger partial charge >= 0.3 is 0 Å². The summed E-state index contributed by atoms with van der Waals surface area (Å²) in [5.41, 5.74) is 2.37. The van der Waals surface area contributed by atoms with E-state index in [2.05, 4.69) is 12.2 Å². The molecule has 3 unspecified atom stereocenters. The van der Waals surface area contributed by atoms with Crippen LogP contribution in [0.3, 0.4) is 0 Å². The topological polar surface area (TPSA) is 32.3 Å². The van der Waals surface area contributed by atoms with Gasteiger partial charge in [0, 0.05) is 24.1 Å². The second-order valence-corrected chi connectivity index (χ2v) is 6.36. The lowest BCUT2D eigenvalue weighted by atomic mass is 9.85. The Bertz CT molecular complexity index is 476. The van der Waals surface area contributed by atoms with E-state index < -0.39 is 0 Å². The first kappa shape index (κ1) is 13.1. The minimum atomic E-state index is -0.149. The number of nitrogens with one attached hydrogen (secondary N) is 1. The summed E-state index contributed by atoms with van der Waals surface area (Å²) in [6, 6.07) is 5.72. The summed E-state index contributed by atoms with van der Waals surface area (Å²) in [4.78, 5) is 0. The molecule has 19 heavy (non-hydrogen) atoms. The Morgan fingerprint density at radius 3 is 3.05 bits per heavy atom. The van der Waals surface area contributed by atoms with Gasteiger partial charge in [0.05, 0.1) is 0 Å². The molecule has 0 amide bonds. The van der Waals surface area contributed by atoms with Crippen molar-refractivity contribution in [2.75, 3.05) is 6.61 Å². The van der Waals surface area contributed by atoms with Gasteiger partial charge < -0.3 is 10.4 Å². The predicted octanol–water partition coefficient (Wildman–Crippen LogP) is 2.95. The van der Waals surface area contributed by atoms with E-state index in [1.54, 1.807) is 12.1 Å². The van der Waals surface area contributed by atoms with Crippen LogP contribution in [0.2, 0.25) is 0 Å². The Morgan fingerprint density at radius 2 is 2.26 bits per heavy atom. The van der Waals surface area contributed by atoms with Gasteiger partial charge in [0.25, 0.3) is 0 Å². The summed E-state index contributed by atoms with van der Waals surface area (Å²) in [6.45, 7) is 2.38. The monoisotopic (exact) mass is 263 g/mol. The Kier molecular flexibility index (Phi) is 3.35. The van der Waals surface area contributed by atoms with Crippen molar-refractivity contribution in [2.45, 2.75) is 51.1 Å². The van der Waals surface area contributed by atoms with Crippen LogP contribution in [0.15, 0.2) is 18.2 Å². The highest BCUT2D eigenvalue weighted by molar-refractivity contribution is 5.35. The molecule has 0 saturated heterocycles. The zero-order valence-electron chi connectivity index (χ0n) is 11.5. The number of hydrogen-bond donors (Lipinski definition) is 2. The summed E-state index contributed by atoms with van der Waals surface area (Å²) in [5, 5.41) is 13.3. The summed E-state index contributed by atoms with van der Waals surface area (Å²) in [7, 11) is 0. The van der Waals surface area contributed by atoms with Gasteiger partial charge in [-0.15, -0.1) is 0 Å². The Morgan fingerprint density at radius 1 is 1.42 bits per heavy atom. The maximum absolute atomic E-state index is 13.4. The van der Waals surface area contributed by atoms with Gasteiger partial charge in [0.1, 0.15) is 5.82 Å². The van der Waals surface area contributed by atoms with Crippen LogP contribution in [0.4, 0.5) is 4.39 Å². The molecule has 1 saturated carbocycles. The fraction of sp³-hybridized carbons (Fsp3) is 0.625. The first-order valence-corrected chi connectivity index (χ1v) is 7.28. The van der Waals surface area contributed by atoms with Crippen molar-refractivity contribution in [1.29, 1.82) is 0 Å². The maximum atomic E-state index is 13.4. The average Bonchev–Trinajstić information content (AvgIpc) is 2.96. The summed E-state index contributed by atoms with van der Waals surface area (Å²) in [6.07, 6.45) is 5.41. The van der Waals surface area contributed by atoms with E-state index in [0.29, 0.717) is 6.04 Å². The van der Waals surface area contributed by atoms with Gasteiger partial charge in [-0.1, -0.05) is 19.4 Å². The van der Waals surface area contributed by atoms with E-state index in [4.69, 9.17) is 0 Å². The molecule has 1 aromatic rings. The zero-order valence-corrected chi connectivity index (χ0v) is 11.5. The largest absolute Gasteiger partial charge is 0.396 e. The van der Waals surface area contributed by atoms with E-state index in [-0.39, 0.29) is 23.9 Å². The number of hydrogen-bond acceptors (Lipinski definition) is 2. The highest BCUT2D eigenvalue weighted by Gasteiger charge is 2.40. The molecule has 3 rings (SSSR count). The van der Waals surface area contributed by atoms with Crippen molar-refractivity contribution in [3.63, 3.8) is 0 Å². The third kappa shape index (κ3) is 2.30. The molecule has 1 fully saturated rings. The van der Waals surface area contributed by atoms with Gasteiger partial charge in [-0.05, 0) is 48.9 Å². The van der Waals surface area contributed by atoms with E-state index in [1.165, 1.54) is 5.56 Å². The van der Waals surface area contributed by atoms with Crippen LogP contribution >= 0.6 is 0 Å². The van der Waals surface area contributed by atoms with Gasteiger partial charge in [0.15, 0.2) is 0 Å². The number of halogens is 1. The van der Waals surface area contributed by atoms with Crippen LogP contribution in [-0.4, -0.2) is 17.8 Å². The second-order valence-electron chi connectivity index (χ2n) is 6.36. The summed E-state index contributed by atoms with van der Waals surface area (Å²) in [5.74, 6) is -0.149. The predicted molar refractivity (Wildman–Crippen MR) is 73.4 cm³/mol. The van der Waals surface area contributed by atoms with E-state index in [1.807, 2.05) is 6.07 Å². The van der Waals surface area contributed by atoms with E-state index >= 15 is 0 Å². The lowest BCUT2D eigenvalue weighted by molar-refractivity contribution is 0.113. The van der Waals surface area contributed by atoms with Crippen LogP contribution in [0.25, 0.3) is 0 Å². The van der Waals surface area contributed by atoms with Crippen molar-refractivity contribution in [3.8, 4) is 0 Å². The number of aliphatic hydroxyl groups is 1.